The molecule has 0 heterocycles. The first-order valence-electron chi connectivity index (χ1n) is 1.90. The van der Waals surface area contributed by atoms with Gasteiger partial charge in [0.2, 0.25) is 0 Å². The highest BCUT2D eigenvalue weighted by Gasteiger charge is 1.67. The summed E-state index contributed by atoms with van der Waals surface area (Å²) in [7, 11) is 2.13. The molecule has 0 spiro atoms. The highest BCUT2D eigenvalue weighted by molar-refractivity contribution is 8.19. The van der Waals surface area contributed by atoms with Crippen LogP contribution in [0.2, 0.25) is 0 Å². The van der Waals surface area contributed by atoms with Gasteiger partial charge in [-0.2, -0.15) is 0 Å². The maximum atomic E-state index is 2.19. The zero-order chi connectivity index (χ0) is 4.12. The molecule has 0 fully saturated rings. The van der Waals surface area contributed by atoms with Crippen molar-refractivity contribution in [2.45, 2.75) is 13.3 Å². The van der Waals surface area contributed by atoms with Gasteiger partial charge in [-0.05, 0) is 12.2 Å². The molecule has 5 heavy (non-hydrogen) atoms. The summed E-state index contributed by atoms with van der Waals surface area (Å²) >= 11 is 1.90. The molecule has 0 rings (SSSR count). The van der Waals surface area contributed by atoms with Crippen molar-refractivity contribution in [2.24, 2.45) is 0 Å². The predicted molar refractivity (Wildman–Crippen MR) is 31.3 cm³/mol. The summed E-state index contributed by atoms with van der Waals surface area (Å²) in [6.45, 7) is 2.19. The van der Waals surface area contributed by atoms with E-state index in [1.54, 1.807) is 0 Å². The Morgan fingerprint density at radius 2 is 2.40 bits per heavy atom. The fraction of sp³-hybridized carbons (Fsp3) is 1.00. The largest absolute Gasteiger partial charge is 0.220 e. The zero-order valence-electron chi connectivity index (χ0n) is 3.82. The van der Waals surface area contributed by atoms with Gasteiger partial charge in [0, 0.05) is 0 Å². The highest BCUT2D eigenvalue weighted by Crippen LogP contribution is 1.89. The van der Waals surface area contributed by atoms with E-state index in [0.29, 0.717) is 0 Å². The maximum Gasteiger partial charge on any atom is 0.173 e. The van der Waals surface area contributed by atoms with Crippen LogP contribution < -0.4 is 0 Å². The van der Waals surface area contributed by atoms with E-state index >= 15 is 0 Å². The van der Waals surface area contributed by atoms with E-state index in [1.807, 2.05) is 11.6 Å². The first-order valence-corrected chi connectivity index (χ1v) is 3.30. The van der Waals surface area contributed by atoms with E-state index in [4.69, 9.17) is 0 Å². The Labute approximate surface area is 38.6 Å². The monoisotopic (exact) mass is 88.1 g/mol. The van der Waals surface area contributed by atoms with Crippen LogP contribution in [0, 0.1) is 0 Å². The second-order valence-electron chi connectivity index (χ2n) is 0.993. The molecule has 0 aliphatic carbocycles. The van der Waals surface area contributed by atoms with Gasteiger partial charge in [0.1, 0.15) is 0 Å². The first kappa shape index (κ1) is 5.41. The lowest BCUT2D eigenvalue weighted by Gasteiger charge is -1.80. The quantitative estimate of drug-likeness (QED) is 0.447. The Balaban J connectivity index is 2.19. The van der Waals surface area contributed by atoms with Gasteiger partial charge in [0.05, 0.1) is 0 Å². The van der Waals surface area contributed by atoms with Crippen molar-refractivity contribution in [2.75, 3.05) is 5.75 Å². The van der Waals surface area contributed by atoms with Crippen LogP contribution in [0.25, 0.3) is 0 Å². The highest BCUT2D eigenvalue weighted by atomic mass is 32.2. The van der Waals surface area contributed by atoms with Gasteiger partial charge in [0.25, 0.3) is 0 Å². The molecule has 0 aliphatic heterocycles. The molecule has 2 heteroatoms. The molecule has 0 amide bonds. The van der Waals surface area contributed by atoms with Crippen LogP contribution in [0.1, 0.15) is 13.3 Å². The summed E-state index contributed by atoms with van der Waals surface area (Å²) < 4.78 is 0. The van der Waals surface area contributed by atoms with E-state index in [2.05, 4.69) is 14.0 Å². The average molecular weight is 88.0 g/mol. The van der Waals surface area contributed by atoms with Crippen LogP contribution in [-0.2, 0) is 0 Å². The normalized spacial score (nSPS) is 8.20. The minimum Gasteiger partial charge on any atom is -0.220 e. The average Bonchev–Trinajstić information content (AvgIpc) is 1.41. The molecule has 0 radical (unpaired) electrons. The number of rotatable bonds is 2. The Morgan fingerprint density at radius 3 is 2.40 bits per heavy atom. The summed E-state index contributed by atoms with van der Waals surface area (Å²) in [6, 6.07) is 0. The van der Waals surface area contributed by atoms with E-state index in [0.717, 1.165) is 0 Å². The molecular formula is C3H9BS. The molecule has 0 saturated carbocycles. The molecule has 30 valence electrons. The van der Waals surface area contributed by atoms with Crippen LogP contribution in [-0.4, -0.2) is 12.9 Å². The van der Waals surface area contributed by atoms with Gasteiger partial charge in [-0.15, -0.1) is 0 Å². The summed E-state index contributed by atoms with van der Waals surface area (Å²) in [5.74, 6) is 1.31. The van der Waals surface area contributed by atoms with Crippen molar-refractivity contribution in [3.63, 3.8) is 0 Å². The Hall–Kier alpha value is 0.415. The molecule has 0 aromatic heterocycles. The lowest BCUT2D eigenvalue weighted by molar-refractivity contribution is 1.11. The smallest absolute Gasteiger partial charge is 0.173 e. The first-order chi connectivity index (χ1) is 2.41. The van der Waals surface area contributed by atoms with Gasteiger partial charge < -0.3 is 0 Å². The second-order valence-corrected chi connectivity index (χ2v) is 1.98. The third-order valence-electron chi connectivity index (χ3n) is 0.408. The molecule has 0 atom stereocenters. The third kappa shape index (κ3) is 4.41. The Morgan fingerprint density at radius 1 is 1.80 bits per heavy atom. The van der Waals surface area contributed by atoms with E-state index < -0.39 is 0 Å². The summed E-state index contributed by atoms with van der Waals surface area (Å²) in [4.78, 5) is 0. The molecule has 0 aromatic carbocycles. The maximum absolute atomic E-state index is 2.19. The van der Waals surface area contributed by atoms with Crippen molar-refractivity contribution in [3.05, 3.63) is 0 Å². The van der Waals surface area contributed by atoms with Gasteiger partial charge >= 0.3 is 0 Å². The third-order valence-corrected chi connectivity index (χ3v) is 1.22. The molecule has 0 saturated heterocycles. The van der Waals surface area contributed by atoms with Crippen LogP contribution in [0.5, 0.6) is 0 Å². The summed E-state index contributed by atoms with van der Waals surface area (Å²) in [5, 5.41) is 0. The van der Waals surface area contributed by atoms with E-state index in [-0.39, 0.29) is 0 Å². The Bertz CT molecular complexity index is 14.4. The standard InChI is InChI=1S/C3H9BS/c1-2-3-5-4/h2-4H2,1H3. The lowest BCUT2D eigenvalue weighted by Crippen LogP contribution is -1.66. The van der Waals surface area contributed by atoms with Crippen LogP contribution in [0.3, 0.4) is 0 Å². The molecule has 0 N–H and O–H groups in total. The van der Waals surface area contributed by atoms with Crippen LogP contribution in [0.15, 0.2) is 0 Å². The SMILES string of the molecule is BSCCC. The molecule has 0 bridgehead atoms. The van der Waals surface area contributed by atoms with Gasteiger partial charge in [-0.3, -0.25) is 0 Å². The topological polar surface area (TPSA) is 0 Å². The minimum absolute atomic E-state index is 1.31. The molecule has 0 unspecified atom stereocenters. The minimum atomic E-state index is 1.31. The zero-order valence-corrected chi connectivity index (χ0v) is 4.64. The van der Waals surface area contributed by atoms with Crippen molar-refractivity contribution in [1.82, 2.24) is 0 Å². The molecule has 0 aromatic rings. The Kier molecular flexibility index (Phi) is 4.78. The fourth-order valence-electron chi connectivity index (χ4n) is 0.204. The molecule has 0 aliphatic rings. The lowest BCUT2D eigenvalue weighted by atomic mass is 10.6. The van der Waals surface area contributed by atoms with Gasteiger partial charge in [0.15, 0.2) is 7.12 Å². The summed E-state index contributed by atoms with van der Waals surface area (Å²) in [6.07, 6.45) is 1.31. The number of hydrogen-bond donors (Lipinski definition) is 0. The molecular weight excluding hydrogens is 78.9 g/mol. The second kappa shape index (κ2) is 4.41. The van der Waals surface area contributed by atoms with Gasteiger partial charge in [-0.1, -0.05) is 6.92 Å². The van der Waals surface area contributed by atoms with Crippen LogP contribution in [0.4, 0.5) is 0 Å². The van der Waals surface area contributed by atoms with Crippen molar-refractivity contribution in [3.8, 4) is 0 Å². The van der Waals surface area contributed by atoms with Crippen molar-refractivity contribution < 1.29 is 0 Å². The van der Waals surface area contributed by atoms with E-state index in [1.165, 1.54) is 12.2 Å². The number of hydrogen-bond acceptors (Lipinski definition) is 1. The fourth-order valence-corrected chi connectivity index (χ4v) is 0.612. The summed E-state index contributed by atoms with van der Waals surface area (Å²) in [5.41, 5.74) is 0. The van der Waals surface area contributed by atoms with Gasteiger partial charge in [-0.25, -0.2) is 11.6 Å². The van der Waals surface area contributed by atoms with E-state index in [9.17, 15) is 0 Å². The predicted octanol–water partition coefficient (Wildman–Crippen LogP) is 0.678. The van der Waals surface area contributed by atoms with Crippen molar-refractivity contribution in [1.29, 1.82) is 0 Å². The van der Waals surface area contributed by atoms with Crippen molar-refractivity contribution >= 4 is 18.7 Å². The molecule has 0 nitrogen and oxygen atoms in total. The van der Waals surface area contributed by atoms with Crippen LogP contribution >= 0.6 is 11.6 Å².